The van der Waals surface area contributed by atoms with Crippen LogP contribution in [-0.4, -0.2) is 15.0 Å². The Kier molecular flexibility index (Phi) is 7.90. The van der Waals surface area contributed by atoms with Crippen molar-refractivity contribution in [2.75, 3.05) is 0 Å². The van der Waals surface area contributed by atoms with Crippen molar-refractivity contribution in [3.8, 4) is 67.4 Å². The van der Waals surface area contributed by atoms with E-state index < -0.39 is 13.7 Å². The first-order valence-corrected chi connectivity index (χ1v) is 23.4. The van der Waals surface area contributed by atoms with Gasteiger partial charge in [-0.05, 0) is 161 Å². The van der Waals surface area contributed by atoms with E-state index in [1.54, 1.807) is 24.3 Å². The largest absolute Gasteiger partial charge is 2.00 e. The average molecular weight is 1090 g/mol. The monoisotopic (exact) mass is 1090 g/mol. The van der Waals surface area contributed by atoms with Crippen LogP contribution in [0, 0.1) is 13.7 Å². The minimum absolute atomic E-state index is 0. The van der Waals surface area contributed by atoms with Crippen molar-refractivity contribution in [2.45, 2.75) is 13.7 Å². The molecule has 8 bridgehead atoms. The second-order valence-corrected chi connectivity index (χ2v) is 18.4. The van der Waals surface area contributed by atoms with E-state index >= 15 is 0 Å². The van der Waals surface area contributed by atoms with Gasteiger partial charge >= 0.3 is 21.1 Å². The molecule has 0 amide bonds. The summed E-state index contributed by atoms with van der Waals surface area (Å²) >= 11 is 0. The first-order valence-electron chi connectivity index (χ1n) is 26.4. The zero-order valence-corrected chi connectivity index (χ0v) is 39.9. The summed E-state index contributed by atoms with van der Waals surface area (Å²) in [6, 6.07) is 66.7. The molecule has 5 heterocycles. The van der Waals surface area contributed by atoms with Gasteiger partial charge in [0.05, 0.1) is 22.9 Å². The molecule has 0 radical (unpaired) electrons. The molecule has 0 saturated heterocycles. The van der Waals surface area contributed by atoms with E-state index in [4.69, 9.17) is 33.1 Å². The van der Waals surface area contributed by atoms with Crippen molar-refractivity contribution in [3.63, 3.8) is 0 Å². The van der Waals surface area contributed by atoms with Crippen LogP contribution in [0.2, 0.25) is 0 Å². The maximum absolute atomic E-state index is 8.31. The summed E-state index contributed by atoms with van der Waals surface area (Å²) in [5.41, 5.74) is 11.3. The standard InChI is InChI=1S/C65H39N5.Pt/c1-36-19-23-38(24-20-36)58-60-50-29-42-13-5-3-11-40(42)27-48(50)56(66-60)35-57-49-28-41-12-4-6-14-43(41)30-51(49)61(67-57)59(39-25-21-37(2)22-26-39)63-53-32-45-16-8-10-18-47(45)34-55(53)65(69-63)70-64-54-33-46-17-9-7-15-44(46)31-52(54)62(58)68-64;/h3-35H,1-2H3;/q-2;+2/i1D3,2D3;. The molecule has 2 aliphatic heterocycles. The first kappa shape index (κ1) is 35.6. The smallest absolute Gasteiger partial charge is 0.656 e. The van der Waals surface area contributed by atoms with Crippen LogP contribution in [0.4, 0.5) is 0 Å². The molecule has 71 heavy (non-hydrogen) atoms. The van der Waals surface area contributed by atoms with Gasteiger partial charge in [-0.3, -0.25) is 4.98 Å². The summed E-state index contributed by atoms with van der Waals surface area (Å²) < 4.78 is 49.8. The van der Waals surface area contributed by atoms with E-state index in [9.17, 15) is 0 Å². The normalized spacial score (nSPS) is 13.6. The number of aromatic nitrogens is 5. The number of hydrogen-bond donors (Lipinski definition) is 0. The summed E-state index contributed by atoms with van der Waals surface area (Å²) in [5.74, 6) is 0.459. The minimum atomic E-state index is -2.32. The molecule has 5 nitrogen and oxygen atoms in total. The van der Waals surface area contributed by atoms with Crippen LogP contribution >= 0.6 is 0 Å². The van der Waals surface area contributed by atoms with Gasteiger partial charge in [-0.25, -0.2) is 4.98 Å². The van der Waals surface area contributed by atoms with Crippen LogP contribution in [0.25, 0.3) is 154 Å². The van der Waals surface area contributed by atoms with Gasteiger partial charge in [-0.2, -0.15) is 0 Å². The second-order valence-electron chi connectivity index (χ2n) is 18.4. The molecule has 0 saturated carbocycles. The number of benzene rings is 10. The van der Waals surface area contributed by atoms with Crippen molar-refractivity contribution >= 4 is 86.8 Å². The number of aryl methyl sites for hydroxylation is 2. The third-order valence-corrected chi connectivity index (χ3v) is 14.3. The second kappa shape index (κ2) is 15.8. The van der Waals surface area contributed by atoms with Crippen LogP contribution in [0.15, 0.2) is 200 Å². The number of hydrogen-bond acceptors (Lipinski definition) is 3. The Labute approximate surface area is 431 Å². The van der Waals surface area contributed by atoms with Crippen LogP contribution in [0.3, 0.4) is 0 Å². The Morgan fingerprint density at radius 1 is 0.366 bits per heavy atom. The van der Waals surface area contributed by atoms with Gasteiger partial charge < -0.3 is 15.0 Å². The molecule has 15 rings (SSSR count). The fourth-order valence-corrected chi connectivity index (χ4v) is 10.9. The van der Waals surface area contributed by atoms with E-state index in [1.165, 1.54) is 0 Å². The molecule has 10 aromatic carbocycles. The van der Waals surface area contributed by atoms with E-state index in [1.807, 2.05) is 72.8 Å². The van der Waals surface area contributed by atoms with Gasteiger partial charge in [0.1, 0.15) is 0 Å². The van der Waals surface area contributed by atoms with Gasteiger partial charge in [0.2, 0.25) is 0 Å². The Morgan fingerprint density at radius 3 is 1.30 bits per heavy atom. The summed E-state index contributed by atoms with van der Waals surface area (Å²) in [6.07, 6.45) is 0. The topological polar surface area (TPSA) is 66.9 Å². The SMILES string of the molecule is [2H]C([2H])([2H])c1ccc(-c2c3nc(nc4[n-]c(c(-c5ccc(C([2H])([2H])[2H])cc5)c5nc(cc6[n-]c2c2cc7ccccc7cc62)-c2cc6ccccc6cc2-5)c2cc5ccccc5cc42)-c2cc4ccccc4cc2-3)cc1.[Pt+2]. The molecule has 0 aliphatic carbocycles. The van der Waals surface area contributed by atoms with Gasteiger partial charge in [0, 0.05) is 36.0 Å². The predicted molar refractivity (Wildman–Crippen MR) is 291 cm³/mol. The first-order chi connectivity index (χ1) is 36.9. The molecule has 3 aromatic heterocycles. The van der Waals surface area contributed by atoms with E-state index in [2.05, 4.69) is 103 Å². The maximum atomic E-state index is 8.31. The van der Waals surface area contributed by atoms with Gasteiger partial charge in [0.25, 0.3) is 0 Å². The molecule has 2 aliphatic rings. The molecular weight excluding hydrogens is 1050 g/mol. The molecular formula is C65H39N5Pt. The Bertz CT molecular complexity index is 4540. The number of fused-ring (bicyclic) bond motifs is 24. The van der Waals surface area contributed by atoms with Crippen LogP contribution < -0.4 is 9.97 Å². The summed E-state index contributed by atoms with van der Waals surface area (Å²) in [5, 5.41) is 11.7. The van der Waals surface area contributed by atoms with E-state index in [-0.39, 0.29) is 32.2 Å². The van der Waals surface area contributed by atoms with Crippen molar-refractivity contribution in [2.24, 2.45) is 0 Å². The fourth-order valence-electron chi connectivity index (χ4n) is 10.9. The van der Waals surface area contributed by atoms with Crippen LogP contribution in [0.1, 0.15) is 19.4 Å². The third-order valence-electron chi connectivity index (χ3n) is 14.3. The van der Waals surface area contributed by atoms with Crippen molar-refractivity contribution in [1.82, 2.24) is 24.9 Å². The summed E-state index contributed by atoms with van der Waals surface area (Å²) in [4.78, 5) is 28.1. The average Bonchev–Trinajstić information content (AvgIpc) is 4.16. The minimum Gasteiger partial charge on any atom is -0.656 e. The molecule has 13 aromatic rings. The third kappa shape index (κ3) is 6.47. The van der Waals surface area contributed by atoms with Crippen molar-refractivity contribution < 1.29 is 29.3 Å². The Balaban J connectivity index is 0.00000540. The van der Waals surface area contributed by atoms with Crippen molar-refractivity contribution in [1.29, 1.82) is 0 Å². The fraction of sp³-hybridized carbons (Fsp3) is 0.0308. The van der Waals surface area contributed by atoms with E-state index in [0.717, 1.165) is 109 Å². The number of nitrogens with zero attached hydrogens (tertiary/aromatic N) is 5. The molecule has 0 atom stereocenters. The van der Waals surface area contributed by atoms with Crippen molar-refractivity contribution in [3.05, 3.63) is 211 Å². The molecule has 0 spiro atoms. The predicted octanol–water partition coefficient (Wildman–Crippen LogP) is 16.5. The maximum Gasteiger partial charge on any atom is 2.00 e. The molecule has 334 valence electrons. The van der Waals surface area contributed by atoms with Gasteiger partial charge in [-0.15, -0.1) is 11.0 Å². The number of rotatable bonds is 2. The Hall–Kier alpha value is -8.50. The summed E-state index contributed by atoms with van der Waals surface area (Å²) in [6.45, 7) is -4.63. The van der Waals surface area contributed by atoms with Crippen LogP contribution in [0.5, 0.6) is 0 Å². The molecule has 0 fully saturated rings. The molecule has 6 heteroatoms. The van der Waals surface area contributed by atoms with Gasteiger partial charge in [0.15, 0.2) is 0 Å². The van der Waals surface area contributed by atoms with E-state index in [0.29, 0.717) is 45.1 Å². The Morgan fingerprint density at radius 2 is 0.775 bits per heavy atom. The summed E-state index contributed by atoms with van der Waals surface area (Å²) in [7, 11) is 0. The van der Waals surface area contributed by atoms with Gasteiger partial charge in [-0.1, -0.05) is 157 Å². The quantitative estimate of drug-likeness (QED) is 0.173. The zero-order valence-electron chi connectivity index (χ0n) is 43.6. The molecule has 0 N–H and O–H groups in total. The van der Waals surface area contributed by atoms with Crippen LogP contribution in [-0.2, 0) is 21.1 Å². The zero-order chi connectivity index (χ0) is 51.2. The molecule has 0 unspecified atom stereocenters.